The van der Waals surface area contributed by atoms with Gasteiger partial charge in [-0.05, 0) is 6.42 Å². The summed E-state index contributed by atoms with van der Waals surface area (Å²) in [5.74, 6) is -0.280. The molecule has 1 N–H and O–H groups in total. The van der Waals surface area contributed by atoms with Crippen LogP contribution in [-0.2, 0) is 9.53 Å². The smallest absolute Gasteiger partial charge is 0.302 e. The zero-order valence-corrected chi connectivity index (χ0v) is 9.91. The first-order chi connectivity index (χ1) is 6.87. The summed E-state index contributed by atoms with van der Waals surface area (Å²) in [6, 6.07) is 0. The first-order valence-electron chi connectivity index (χ1n) is 5.44. The van der Waals surface area contributed by atoms with Gasteiger partial charge >= 0.3 is 5.97 Å². The number of hydrogen-bond donors (Lipinski definition) is 1. The predicted molar refractivity (Wildman–Crippen MR) is 58.3 cm³/mol. The Bertz CT molecular complexity index is 279. The summed E-state index contributed by atoms with van der Waals surface area (Å²) < 4.78 is 5.27. The Morgan fingerprint density at radius 3 is 2.73 bits per heavy atom. The minimum atomic E-state index is -0.489. The zero-order chi connectivity index (χ0) is 11.6. The van der Waals surface area contributed by atoms with Gasteiger partial charge in [0.25, 0.3) is 0 Å². The maximum Gasteiger partial charge on any atom is 0.302 e. The molecule has 0 aromatic heterocycles. The third-order valence-corrected chi connectivity index (χ3v) is 3.17. The average molecular weight is 212 g/mol. The van der Waals surface area contributed by atoms with Crippen LogP contribution >= 0.6 is 0 Å². The van der Waals surface area contributed by atoms with E-state index in [4.69, 9.17) is 4.74 Å². The second kappa shape index (κ2) is 4.35. The Morgan fingerprint density at radius 1 is 1.67 bits per heavy atom. The maximum absolute atomic E-state index is 11.0. The molecule has 0 aromatic rings. The maximum atomic E-state index is 11.0. The SMILES string of the molecule is CCC1=CC(O)C[C@H](OC(C)=O)C1(C)C. The van der Waals surface area contributed by atoms with Crippen LogP contribution in [0.2, 0.25) is 0 Å². The number of ether oxygens (including phenoxy) is 1. The first-order valence-corrected chi connectivity index (χ1v) is 5.44. The molecular weight excluding hydrogens is 192 g/mol. The molecule has 3 nitrogen and oxygen atoms in total. The summed E-state index contributed by atoms with van der Waals surface area (Å²) in [6.45, 7) is 7.58. The van der Waals surface area contributed by atoms with E-state index in [-0.39, 0.29) is 17.5 Å². The van der Waals surface area contributed by atoms with Crippen LogP contribution in [0.4, 0.5) is 0 Å². The van der Waals surface area contributed by atoms with Gasteiger partial charge in [0.1, 0.15) is 6.10 Å². The lowest BCUT2D eigenvalue weighted by atomic mass is 9.71. The first kappa shape index (κ1) is 12.2. The van der Waals surface area contributed by atoms with E-state index >= 15 is 0 Å². The molecule has 0 fully saturated rings. The topological polar surface area (TPSA) is 46.5 Å². The molecule has 0 saturated carbocycles. The molecule has 0 aromatic carbocycles. The summed E-state index contributed by atoms with van der Waals surface area (Å²) in [5.41, 5.74) is 0.993. The van der Waals surface area contributed by atoms with E-state index in [1.807, 2.05) is 6.08 Å². The normalized spacial score (nSPS) is 29.5. The quantitative estimate of drug-likeness (QED) is 0.563. The van der Waals surface area contributed by atoms with E-state index in [2.05, 4.69) is 20.8 Å². The highest BCUT2D eigenvalue weighted by Crippen LogP contribution is 2.40. The van der Waals surface area contributed by atoms with E-state index < -0.39 is 6.10 Å². The Labute approximate surface area is 91.1 Å². The molecule has 0 saturated heterocycles. The van der Waals surface area contributed by atoms with Crippen LogP contribution in [0, 0.1) is 5.41 Å². The number of hydrogen-bond acceptors (Lipinski definition) is 3. The number of carbonyl (C=O) groups is 1. The Balaban J connectivity index is 2.91. The molecule has 2 atom stereocenters. The molecule has 0 heterocycles. The molecule has 1 unspecified atom stereocenters. The van der Waals surface area contributed by atoms with Gasteiger partial charge in [0, 0.05) is 18.8 Å². The summed E-state index contributed by atoms with van der Waals surface area (Å²) >= 11 is 0. The molecule has 15 heavy (non-hydrogen) atoms. The van der Waals surface area contributed by atoms with Crippen LogP contribution in [0.15, 0.2) is 11.6 Å². The summed E-state index contributed by atoms with van der Waals surface area (Å²) in [4.78, 5) is 11.0. The van der Waals surface area contributed by atoms with Gasteiger partial charge in [-0.15, -0.1) is 0 Å². The number of carbonyl (C=O) groups excluding carboxylic acids is 1. The fraction of sp³-hybridized carbons (Fsp3) is 0.750. The fourth-order valence-corrected chi connectivity index (χ4v) is 2.21. The monoisotopic (exact) mass is 212 g/mol. The van der Waals surface area contributed by atoms with Crippen molar-refractivity contribution in [2.24, 2.45) is 5.41 Å². The Hall–Kier alpha value is -0.830. The predicted octanol–water partition coefficient (Wildman–Crippen LogP) is 2.05. The van der Waals surface area contributed by atoms with Gasteiger partial charge in [-0.1, -0.05) is 32.4 Å². The van der Waals surface area contributed by atoms with Crippen LogP contribution in [0.25, 0.3) is 0 Å². The largest absolute Gasteiger partial charge is 0.462 e. The Morgan fingerprint density at radius 2 is 2.27 bits per heavy atom. The second-order valence-electron chi connectivity index (χ2n) is 4.67. The molecule has 0 amide bonds. The second-order valence-corrected chi connectivity index (χ2v) is 4.67. The molecule has 1 aliphatic carbocycles. The molecule has 1 rings (SSSR count). The van der Waals surface area contributed by atoms with Gasteiger partial charge < -0.3 is 9.84 Å². The third-order valence-electron chi connectivity index (χ3n) is 3.17. The van der Waals surface area contributed by atoms with Crippen LogP contribution in [0.1, 0.15) is 40.5 Å². The number of rotatable bonds is 2. The van der Waals surface area contributed by atoms with Crippen LogP contribution < -0.4 is 0 Å². The lowest BCUT2D eigenvalue weighted by molar-refractivity contribution is -0.153. The zero-order valence-electron chi connectivity index (χ0n) is 9.91. The highest BCUT2D eigenvalue weighted by molar-refractivity contribution is 5.66. The molecule has 1 aliphatic rings. The lowest BCUT2D eigenvalue weighted by Crippen LogP contribution is -2.41. The van der Waals surface area contributed by atoms with E-state index in [1.165, 1.54) is 6.92 Å². The molecule has 86 valence electrons. The molecule has 0 aliphatic heterocycles. The van der Waals surface area contributed by atoms with Gasteiger partial charge in [0.05, 0.1) is 6.10 Å². The minimum Gasteiger partial charge on any atom is -0.462 e. The number of esters is 1. The van der Waals surface area contributed by atoms with E-state index in [0.29, 0.717) is 6.42 Å². The van der Waals surface area contributed by atoms with Crippen molar-refractivity contribution in [1.82, 2.24) is 0 Å². The van der Waals surface area contributed by atoms with Crippen molar-refractivity contribution in [1.29, 1.82) is 0 Å². The molecule has 3 heteroatoms. The Kier molecular flexibility index (Phi) is 3.55. The summed E-state index contributed by atoms with van der Waals surface area (Å²) in [6.07, 6.45) is 2.56. The number of aliphatic hydroxyl groups excluding tert-OH is 1. The highest BCUT2D eigenvalue weighted by atomic mass is 16.5. The standard InChI is InChI=1S/C12H20O3/c1-5-9-6-10(14)7-11(12(9,3)4)15-8(2)13/h6,10-11,14H,5,7H2,1-4H3/t10?,11-/m0/s1. The summed E-state index contributed by atoms with van der Waals surface area (Å²) in [7, 11) is 0. The van der Waals surface area contributed by atoms with Crippen LogP contribution in [-0.4, -0.2) is 23.3 Å². The molecule has 0 spiro atoms. The average Bonchev–Trinajstić information content (AvgIpc) is 2.10. The lowest BCUT2D eigenvalue weighted by Gasteiger charge is -2.40. The van der Waals surface area contributed by atoms with Gasteiger partial charge in [-0.2, -0.15) is 0 Å². The van der Waals surface area contributed by atoms with Crippen LogP contribution in [0.3, 0.4) is 0 Å². The van der Waals surface area contributed by atoms with Gasteiger partial charge in [0.15, 0.2) is 0 Å². The minimum absolute atomic E-state index is 0.167. The van der Waals surface area contributed by atoms with Crippen molar-refractivity contribution in [3.63, 3.8) is 0 Å². The van der Waals surface area contributed by atoms with E-state index in [0.717, 1.165) is 12.0 Å². The van der Waals surface area contributed by atoms with Gasteiger partial charge in [0.2, 0.25) is 0 Å². The highest BCUT2D eigenvalue weighted by Gasteiger charge is 2.39. The molecular formula is C12H20O3. The van der Waals surface area contributed by atoms with Gasteiger partial charge in [-0.25, -0.2) is 0 Å². The van der Waals surface area contributed by atoms with Crippen molar-refractivity contribution in [3.05, 3.63) is 11.6 Å². The van der Waals surface area contributed by atoms with E-state index in [1.54, 1.807) is 0 Å². The van der Waals surface area contributed by atoms with Crippen LogP contribution in [0.5, 0.6) is 0 Å². The molecule has 0 bridgehead atoms. The molecule has 0 radical (unpaired) electrons. The van der Waals surface area contributed by atoms with Crippen molar-refractivity contribution in [2.45, 2.75) is 52.7 Å². The van der Waals surface area contributed by atoms with Gasteiger partial charge in [-0.3, -0.25) is 4.79 Å². The fourth-order valence-electron chi connectivity index (χ4n) is 2.21. The third kappa shape index (κ3) is 2.59. The van der Waals surface area contributed by atoms with Crippen molar-refractivity contribution >= 4 is 5.97 Å². The van der Waals surface area contributed by atoms with Crippen molar-refractivity contribution in [2.75, 3.05) is 0 Å². The number of aliphatic hydroxyl groups is 1. The van der Waals surface area contributed by atoms with Crippen molar-refractivity contribution in [3.8, 4) is 0 Å². The summed E-state index contributed by atoms with van der Waals surface area (Å²) in [5, 5.41) is 9.66. The van der Waals surface area contributed by atoms with E-state index in [9.17, 15) is 9.90 Å². The van der Waals surface area contributed by atoms with Crippen molar-refractivity contribution < 1.29 is 14.6 Å².